The molecule has 0 spiro atoms. The van der Waals surface area contributed by atoms with E-state index in [1.807, 2.05) is 0 Å². The number of ether oxygens (including phenoxy) is 1. The third-order valence-corrected chi connectivity index (χ3v) is 9.28. The van der Waals surface area contributed by atoms with Gasteiger partial charge in [-0.1, -0.05) is 6.07 Å². The summed E-state index contributed by atoms with van der Waals surface area (Å²) in [4.78, 5) is 17.2. The van der Waals surface area contributed by atoms with Crippen LogP contribution in [0.25, 0.3) is 0 Å². The molecule has 1 fully saturated rings. The van der Waals surface area contributed by atoms with E-state index in [0.29, 0.717) is 41.8 Å². The van der Waals surface area contributed by atoms with E-state index in [-0.39, 0.29) is 0 Å². The Morgan fingerprint density at radius 2 is 1.79 bits per heavy atom. The first-order valence-electron chi connectivity index (χ1n) is 11.4. The van der Waals surface area contributed by atoms with Crippen molar-refractivity contribution in [1.29, 1.82) is 0 Å². The number of aromatic nitrogens is 1. The second-order valence-corrected chi connectivity index (χ2v) is 11.6. The molecule has 1 aromatic carbocycles. The second-order valence-electron chi connectivity index (χ2n) is 8.76. The number of benzene rings is 1. The normalized spacial score (nSPS) is 18.1. The average Bonchev–Trinajstić information content (AvgIpc) is 3.55. The van der Waals surface area contributed by atoms with Crippen LogP contribution < -0.4 is 9.62 Å². The Labute approximate surface area is 197 Å². The van der Waals surface area contributed by atoms with E-state index in [4.69, 9.17) is 4.74 Å². The molecular formula is C22H27N4O5S2-. The van der Waals surface area contributed by atoms with Crippen molar-refractivity contribution >= 4 is 38.3 Å². The van der Waals surface area contributed by atoms with Gasteiger partial charge in [0.1, 0.15) is 5.00 Å². The summed E-state index contributed by atoms with van der Waals surface area (Å²) in [6.07, 6.45) is 7.80. The van der Waals surface area contributed by atoms with Gasteiger partial charge in [0.2, 0.25) is 0 Å². The molecule has 0 atom stereocenters. The van der Waals surface area contributed by atoms with Crippen LogP contribution in [0.15, 0.2) is 12.3 Å². The van der Waals surface area contributed by atoms with Crippen LogP contribution in [0, 0.1) is 12.1 Å². The second kappa shape index (κ2) is 8.86. The molecule has 2 aliphatic carbocycles. The lowest BCUT2D eigenvalue weighted by atomic mass is 9.99. The quantitative estimate of drug-likeness (QED) is 0.638. The third-order valence-electron chi connectivity index (χ3n) is 6.68. The molecule has 178 valence electrons. The molecule has 0 bridgehead atoms. The van der Waals surface area contributed by atoms with Gasteiger partial charge in [0.05, 0.1) is 17.2 Å². The Kier molecular flexibility index (Phi) is 6.06. The van der Waals surface area contributed by atoms with Crippen molar-refractivity contribution in [2.24, 2.45) is 0 Å². The Morgan fingerprint density at radius 1 is 1.15 bits per heavy atom. The molecule has 2 amide bonds. The number of carbonyl (C=O) groups excluding carboxylic acids is 1. The van der Waals surface area contributed by atoms with Gasteiger partial charge in [-0.25, -0.2) is 14.1 Å². The lowest BCUT2D eigenvalue weighted by Gasteiger charge is -2.39. The van der Waals surface area contributed by atoms with Gasteiger partial charge >= 0.3 is 16.2 Å². The van der Waals surface area contributed by atoms with Crippen LogP contribution in [-0.4, -0.2) is 43.2 Å². The van der Waals surface area contributed by atoms with Gasteiger partial charge in [-0.05, 0) is 80.5 Å². The highest BCUT2D eigenvalue weighted by Crippen LogP contribution is 2.39. The number of nitrogens with one attached hydrogen (secondary N) is 1. The minimum Gasteiger partial charge on any atom is -0.740 e. The van der Waals surface area contributed by atoms with Crippen LogP contribution in [0.4, 0.5) is 15.5 Å². The Hall–Kier alpha value is -2.21. The number of aryl methyl sites for hydroxylation is 3. The van der Waals surface area contributed by atoms with E-state index in [1.54, 1.807) is 6.92 Å². The zero-order chi connectivity index (χ0) is 23.2. The van der Waals surface area contributed by atoms with Crippen molar-refractivity contribution in [1.82, 2.24) is 9.45 Å². The summed E-state index contributed by atoms with van der Waals surface area (Å²) in [5, 5.41) is 16.8. The molecule has 1 aromatic heterocycles. The van der Waals surface area contributed by atoms with Crippen LogP contribution in [0.5, 0.6) is 0 Å². The summed E-state index contributed by atoms with van der Waals surface area (Å²) in [5.41, 5.74) is 5.10. The Bertz CT molecular complexity index is 1140. The van der Waals surface area contributed by atoms with Crippen LogP contribution in [0.1, 0.15) is 52.9 Å². The summed E-state index contributed by atoms with van der Waals surface area (Å²) in [6.45, 7) is 2.55. The predicted octanol–water partition coefficient (Wildman–Crippen LogP) is 3.69. The number of nitrogens with zero attached hydrogens (tertiary/aromatic N) is 3. The highest BCUT2D eigenvalue weighted by molar-refractivity contribution is 7.91. The predicted molar refractivity (Wildman–Crippen MR) is 127 cm³/mol. The van der Waals surface area contributed by atoms with Gasteiger partial charge in [-0.15, -0.1) is 11.3 Å². The van der Waals surface area contributed by atoms with Gasteiger partial charge in [0, 0.05) is 18.9 Å². The number of thiazole rings is 1. The molecule has 2 heterocycles. The number of rotatable bonds is 5. The van der Waals surface area contributed by atoms with Crippen molar-refractivity contribution in [3.8, 4) is 0 Å². The minimum absolute atomic E-state index is 0.328. The molecule has 2 aromatic rings. The van der Waals surface area contributed by atoms with E-state index in [0.717, 1.165) is 54.0 Å². The van der Waals surface area contributed by atoms with Crippen molar-refractivity contribution in [2.75, 3.05) is 22.8 Å². The molecule has 1 saturated heterocycles. The van der Waals surface area contributed by atoms with E-state index in [1.165, 1.54) is 28.7 Å². The van der Waals surface area contributed by atoms with E-state index in [2.05, 4.69) is 16.4 Å². The summed E-state index contributed by atoms with van der Waals surface area (Å²) < 4.78 is 32.9. The fourth-order valence-corrected chi connectivity index (χ4v) is 7.58. The molecule has 0 unspecified atom stereocenters. The number of carbonyl (C=O) groups is 1. The van der Waals surface area contributed by atoms with Crippen LogP contribution in [0.3, 0.4) is 0 Å². The standard InChI is InChI=1S/C22H27N4O5S2/c1-14-23-13-20(32-14)25(17-8-10-31-11-9-17)33(29,30)26(28)22(27)24-21-18-6-2-4-15(18)12-16-5-3-7-19(16)21/h12-13,17H,2-11H2,1H3,(H,24,27)/q-1. The molecule has 33 heavy (non-hydrogen) atoms. The molecular weight excluding hydrogens is 464 g/mol. The number of amides is 2. The first-order valence-corrected chi connectivity index (χ1v) is 13.6. The maximum atomic E-state index is 13.5. The van der Waals surface area contributed by atoms with Gasteiger partial charge in [-0.3, -0.25) is 4.47 Å². The van der Waals surface area contributed by atoms with Gasteiger partial charge in [0.25, 0.3) is 0 Å². The van der Waals surface area contributed by atoms with E-state index in [9.17, 15) is 18.4 Å². The number of urea groups is 1. The van der Waals surface area contributed by atoms with Crippen molar-refractivity contribution in [3.63, 3.8) is 0 Å². The topological polar surface area (TPSA) is 115 Å². The van der Waals surface area contributed by atoms with E-state index < -0.39 is 26.8 Å². The van der Waals surface area contributed by atoms with Gasteiger partial charge in [-0.2, -0.15) is 8.42 Å². The van der Waals surface area contributed by atoms with Crippen molar-refractivity contribution in [2.45, 2.75) is 64.3 Å². The molecule has 9 nitrogen and oxygen atoms in total. The fourth-order valence-electron chi connectivity index (χ4n) is 5.16. The molecule has 0 saturated carbocycles. The summed E-state index contributed by atoms with van der Waals surface area (Å²) in [7, 11) is -4.67. The maximum absolute atomic E-state index is 13.5. The molecule has 3 aliphatic rings. The Balaban J connectivity index is 1.45. The summed E-state index contributed by atoms with van der Waals surface area (Å²) in [6, 6.07) is 0.561. The van der Waals surface area contributed by atoms with Crippen LogP contribution >= 0.6 is 11.3 Å². The lowest BCUT2D eigenvalue weighted by Crippen LogP contribution is -2.51. The highest BCUT2D eigenvalue weighted by Gasteiger charge is 2.36. The van der Waals surface area contributed by atoms with Gasteiger partial charge < -0.3 is 15.3 Å². The number of anilines is 2. The SMILES string of the molecule is Cc1ncc(N(C2CCOCC2)S(=O)(=O)N([O-])C(=O)Nc2c3c(cc4c2CCC4)CCC3)s1. The monoisotopic (exact) mass is 491 g/mol. The van der Waals surface area contributed by atoms with Crippen LogP contribution in [-0.2, 0) is 40.6 Å². The minimum atomic E-state index is -4.67. The van der Waals surface area contributed by atoms with Crippen LogP contribution in [0.2, 0.25) is 0 Å². The fraction of sp³-hybridized carbons (Fsp3) is 0.545. The largest absolute Gasteiger partial charge is 0.740 e. The third kappa shape index (κ3) is 4.11. The summed E-state index contributed by atoms with van der Waals surface area (Å²) in [5.74, 6) is 0. The maximum Gasteiger partial charge on any atom is 0.326 e. The molecule has 1 N–H and O–H groups in total. The number of hydrogen-bond acceptors (Lipinski definition) is 7. The zero-order valence-corrected chi connectivity index (χ0v) is 20.1. The average molecular weight is 492 g/mol. The smallest absolute Gasteiger partial charge is 0.326 e. The first-order chi connectivity index (χ1) is 15.9. The molecule has 11 heteroatoms. The Morgan fingerprint density at radius 3 is 2.36 bits per heavy atom. The number of hydroxylamine groups is 1. The van der Waals surface area contributed by atoms with Crippen molar-refractivity contribution in [3.05, 3.63) is 44.7 Å². The number of fused-ring (bicyclic) bond motifs is 2. The highest BCUT2D eigenvalue weighted by atomic mass is 32.2. The van der Waals surface area contributed by atoms with Crippen molar-refractivity contribution < 1.29 is 17.9 Å². The lowest BCUT2D eigenvalue weighted by molar-refractivity contribution is 0.0875. The molecule has 1 aliphatic heterocycles. The molecule has 5 rings (SSSR count). The molecule has 0 radical (unpaired) electrons. The zero-order valence-electron chi connectivity index (χ0n) is 18.5. The first kappa shape index (κ1) is 22.6. The summed E-state index contributed by atoms with van der Waals surface area (Å²) >= 11 is 1.18. The number of hydrogen-bond donors (Lipinski definition) is 1. The van der Waals surface area contributed by atoms with Gasteiger partial charge in [0.15, 0.2) is 0 Å². The van der Waals surface area contributed by atoms with E-state index >= 15 is 0 Å².